The smallest absolute Gasteiger partial charge is 0.215 e. The summed E-state index contributed by atoms with van der Waals surface area (Å²) in [5.41, 5.74) is 0.729. The van der Waals surface area contributed by atoms with Gasteiger partial charge in [0, 0.05) is 30.5 Å². The van der Waals surface area contributed by atoms with E-state index in [-0.39, 0.29) is 5.75 Å². The van der Waals surface area contributed by atoms with E-state index >= 15 is 0 Å². The summed E-state index contributed by atoms with van der Waals surface area (Å²) < 4.78 is 28.4. The Bertz CT molecular complexity index is 622. The summed E-state index contributed by atoms with van der Waals surface area (Å²) in [6.45, 7) is 1.24. The van der Waals surface area contributed by atoms with E-state index in [4.69, 9.17) is 11.6 Å². The molecule has 0 atom stereocenters. The summed E-state index contributed by atoms with van der Waals surface area (Å²) in [6, 6.07) is 10.7. The predicted octanol–water partition coefficient (Wildman–Crippen LogP) is 2.65. The van der Waals surface area contributed by atoms with Crippen LogP contribution < -0.4 is 4.72 Å². The Morgan fingerprint density at radius 3 is 2.40 bits per heavy atom. The zero-order valence-electron chi connectivity index (χ0n) is 11.0. The van der Waals surface area contributed by atoms with Crippen molar-refractivity contribution in [1.82, 2.24) is 9.29 Å². The van der Waals surface area contributed by atoms with Gasteiger partial charge in [-0.25, -0.2) is 13.1 Å². The minimum atomic E-state index is -3.29. The molecule has 0 fully saturated rings. The van der Waals surface area contributed by atoms with Gasteiger partial charge in [-0.1, -0.05) is 23.7 Å². The maximum absolute atomic E-state index is 11.9. The van der Waals surface area contributed by atoms with Crippen molar-refractivity contribution in [3.8, 4) is 0 Å². The predicted molar refractivity (Wildman–Crippen MR) is 81.1 cm³/mol. The van der Waals surface area contributed by atoms with Gasteiger partial charge in [0.05, 0.1) is 5.75 Å². The van der Waals surface area contributed by atoms with Crippen LogP contribution in [0.15, 0.2) is 48.8 Å². The Kier molecular flexibility index (Phi) is 5.23. The van der Waals surface area contributed by atoms with E-state index in [1.54, 1.807) is 24.3 Å². The van der Waals surface area contributed by atoms with Gasteiger partial charge in [-0.15, -0.1) is 0 Å². The molecule has 0 aliphatic carbocycles. The minimum Gasteiger partial charge on any atom is -0.354 e. The second-order valence-electron chi connectivity index (χ2n) is 4.55. The van der Waals surface area contributed by atoms with Gasteiger partial charge in [0.15, 0.2) is 0 Å². The van der Waals surface area contributed by atoms with Crippen molar-refractivity contribution >= 4 is 21.6 Å². The van der Waals surface area contributed by atoms with Crippen molar-refractivity contribution in [2.24, 2.45) is 0 Å². The molecule has 1 heterocycles. The number of sulfonamides is 1. The van der Waals surface area contributed by atoms with Gasteiger partial charge < -0.3 is 4.57 Å². The lowest BCUT2D eigenvalue weighted by atomic mass is 10.2. The second-order valence-corrected chi connectivity index (χ2v) is 6.80. The molecule has 1 aromatic heterocycles. The van der Waals surface area contributed by atoms with Crippen molar-refractivity contribution in [3.63, 3.8) is 0 Å². The first-order valence-electron chi connectivity index (χ1n) is 6.38. The fraction of sp³-hybridized carbons (Fsp3) is 0.286. The Labute approximate surface area is 124 Å². The number of benzene rings is 1. The van der Waals surface area contributed by atoms with Gasteiger partial charge >= 0.3 is 0 Å². The SMILES string of the molecule is O=S(=O)(Cc1ccc(Cl)cc1)NCCCn1cccc1. The molecule has 2 rings (SSSR count). The maximum Gasteiger partial charge on any atom is 0.215 e. The molecule has 2 aromatic rings. The van der Waals surface area contributed by atoms with Crippen LogP contribution in [0, 0.1) is 0 Å². The lowest BCUT2D eigenvalue weighted by Crippen LogP contribution is -2.26. The number of halogens is 1. The van der Waals surface area contributed by atoms with Gasteiger partial charge in [0.1, 0.15) is 0 Å². The monoisotopic (exact) mass is 312 g/mol. The molecule has 108 valence electrons. The van der Waals surface area contributed by atoms with E-state index in [1.165, 1.54) is 0 Å². The van der Waals surface area contributed by atoms with Gasteiger partial charge in [-0.05, 0) is 36.2 Å². The van der Waals surface area contributed by atoms with Crippen LogP contribution in [0.25, 0.3) is 0 Å². The summed E-state index contributed by atoms with van der Waals surface area (Å²) in [6.07, 6.45) is 4.68. The van der Waals surface area contributed by atoms with Gasteiger partial charge in [-0.3, -0.25) is 0 Å². The normalized spacial score (nSPS) is 11.7. The molecule has 0 unspecified atom stereocenters. The first-order valence-corrected chi connectivity index (χ1v) is 8.41. The maximum atomic E-state index is 11.9. The second kappa shape index (κ2) is 6.92. The average Bonchev–Trinajstić information content (AvgIpc) is 2.90. The molecule has 0 spiro atoms. The van der Waals surface area contributed by atoms with Crippen LogP contribution in [0.2, 0.25) is 5.02 Å². The van der Waals surface area contributed by atoms with Crippen LogP contribution in [-0.2, 0) is 22.3 Å². The number of hydrogen-bond donors (Lipinski definition) is 1. The first-order chi connectivity index (χ1) is 9.55. The van der Waals surface area contributed by atoms with Crippen LogP contribution in [0.1, 0.15) is 12.0 Å². The van der Waals surface area contributed by atoms with E-state index in [1.807, 2.05) is 29.1 Å². The van der Waals surface area contributed by atoms with Crippen LogP contribution >= 0.6 is 11.6 Å². The highest BCUT2D eigenvalue weighted by Crippen LogP contribution is 2.11. The molecule has 6 heteroatoms. The number of aryl methyl sites for hydroxylation is 1. The molecule has 0 bridgehead atoms. The molecular formula is C14H17ClN2O2S. The lowest BCUT2D eigenvalue weighted by molar-refractivity contribution is 0.569. The molecule has 0 amide bonds. The zero-order chi connectivity index (χ0) is 14.4. The molecular weight excluding hydrogens is 296 g/mol. The molecule has 4 nitrogen and oxygen atoms in total. The van der Waals surface area contributed by atoms with Crippen LogP contribution in [0.3, 0.4) is 0 Å². The largest absolute Gasteiger partial charge is 0.354 e. The molecule has 1 N–H and O–H groups in total. The van der Waals surface area contributed by atoms with Crippen molar-refractivity contribution in [2.45, 2.75) is 18.7 Å². The van der Waals surface area contributed by atoms with E-state index < -0.39 is 10.0 Å². The third-order valence-electron chi connectivity index (χ3n) is 2.85. The van der Waals surface area contributed by atoms with E-state index in [2.05, 4.69) is 4.72 Å². The first kappa shape index (κ1) is 15.1. The standard InChI is InChI=1S/C14H17ClN2O2S/c15-14-6-4-13(5-7-14)12-20(18,19)16-8-3-11-17-9-1-2-10-17/h1-2,4-7,9-10,16H,3,8,11-12H2. The third-order valence-corrected chi connectivity index (χ3v) is 4.46. The third kappa shape index (κ3) is 5.00. The van der Waals surface area contributed by atoms with E-state index in [0.717, 1.165) is 18.5 Å². The topological polar surface area (TPSA) is 51.1 Å². The van der Waals surface area contributed by atoms with Crippen LogP contribution in [0.4, 0.5) is 0 Å². The summed E-state index contributed by atoms with van der Waals surface area (Å²) in [4.78, 5) is 0. The number of nitrogens with one attached hydrogen (secondary N) is 1. The average molecular weight is 313 g/mol. The van der Waals surface area contributed by atoms with Gasteiger partial charge in [0.2, 0.25) is 10.0 Å². The lowest BCUT2D eigenvalue weighted by Gasteiger charge is -2.07. The molecule has 0 saturated heterocycles. The van der Waals surface area contributed by atoms with Crippen LogP contribution in [0.5, 0.6) is 0 Å². The highest BCUT2D eigenvalue weighted by atomic mass is 35.5. The highest BCUT2D eigenvalue weighted by Gasteiger charge is 2.10. The number of rotatable bonds is 7. The van der Waals surface area contributed by atoms with Gasteiger partial charge in [0.25, 0.3) is 0 Å². The Balaban J connectivity index is 1.77. The Morgan fingerprint density at radius 2 is 1.75 bits per heavy atom. The molecule has 0 aliphatic rings. The van der Waals surface area contributed by atoms with Crippen molar-refractivity contribution in [1.29, 1.82) is 0 Å². The Morgan fingerprint density at radius 1 is 1.10 bits per heavy atom. The summed E-state index contributed by atoms with van der Waals surface area (Å²) in [5.74, 6) is -0.0202. The molecule has 0 saturated carbocycles. The zero-order valence-corrected chi connectivity index (χ0v) is 12.6. The molecule has 0 radical (unpaired) electrons. The van der Waals surface area contributed by atoms with E-state index in [0.29, 0.717) is 11.6 Å². The van der Waals surface area contributed by atoms with Crippen molar-refractivity contribution in [3.05, 3.63) is 59.4 Å². The summed E-state index contributed by atoms with van der Waals surface area (Å²) in [5, 5.41) is 0.603. The summed E-state index contributed by atoms with van der Waals surface area (Å²) >= 11 is 5.77. The molecule has 0 aliphatic heterocycles. The van der Waals surface area contributed by atoms with Gasteiger partial charge in [-0.2, -0.15) is 0 Å². The highest BCUT2D eigenvalue weighted by molar-refractivity contribution is 7.88. The number of hydrogen-bond acceptors (Lipinski definition) is 2. The van der Waals surface area contributed by atoms with E-state index in [9.17, 15) is 8.42 Å². The quantitative estimate of drug-likeness (QED) is 0.799. The molecule has 1 aromatic carbocycles. The van der Waals surface area contributed by atoms with Crippen LogP contribution in [-0.4, -0.2) is 19.5 Å². The minimum absolute atomic E-state index is 0.0202. The number of aromatic nitrogens is 1. The summed E-state index contributed by atoms with van der Waals surface area (Å²) in [7, 11) is -3.29. The Hall–Kier alpha value is -1.30. The van der Waals surface area contributed by atoms with Crippen molar-refractivity contribution < 1.29 is 8.42 Å². The fourth-order valence-electron chi connectivity index (χ4n) is 1.86. The van der Waals surface area contributed by atoms with Crippen molar-refractivity contribution in [2.75, 3.05) is 6.54 Å². The number of nitrogens with zero attached hydrogens (tertiary/aromatic N) is 1. The molecule has 20 heavy (non-hydrogen) atoms. The fourth-order valence-corrected chi connectivity index (χ4v) is 3.17.